The van der Waals surface area contributed by atoms with Crippen molar-refractivity contribution < 1.29 is 28.6 Å². The van der Waals surface area contributed by atoms with E-state index in [9.17, 15) is 14.4 Å². The highest BCUT2D eigenvalue weighted by Crippen LogP contribution is 2.32. The summed E-state index contributed by atoms with van der Waals surface area (Å²) in [6, 6.07) is 11.2. The quantitative estimate of drug-likeness (QED) is 0.694. The molecule has 2 aromatic rings. The predicted octanol–water partition coefficient (Wildman–Crippen LogP) is 3.26. The Morgan fingerprint density at radius 2 is 1.71 bits per heavy atom. The lowest BCUT2D eigenvalue weighted by atomic mass is 9.93. The molecule has 2 heterocycles. The number of ether oxygens (including phenoxy) is 3. The number of amides is 3. The van der Waals surface area contributed by atoms with Crippen molar-refractivity contribution in [1.29, 1.82) is 0 Å². The molecule has 2 aromatic carbocycles. The van der Waals surface area contributed by atoms with E-state index in [0.717, 1.165) is 11.1 Å². The van der Waals surface area contributed by atoms with Crippen molar-refractivity contribution in [1.82, 2.24) is 10.2 Å². The molecule has 0 aromatic heterocycles. The van der Waals surface area contributed by atoms with E-state index < -0.39 is 35.6 Å². The number of hydrogen-bond acceptors (Lipinski definition) is 6. The first kappa shape index (κ1) is 24.4. The van der Waals surface area contributed by atoms with Gasteiger partial charge in [0.05, 0.1) is 6.54 Å². The van der Waals surface area contributed by atoms with Crippen molar-refractivity contribution in [3.8, 4) is 11.5 Å². The summed E-state index contributed by atoms with van der Waals surface area (Å²) >= 11 is 0. The number of nitrogens with one attached hydrogen (secondary N) is 2. The molecule has 9 nitrogen and oxygen atoms in total. The third-order valence-corrected chi connectivity index (χ3v) is 5.74. The SMILES string of the molecule is CC(NC(=O)C1Cc2ccccc2CN1C(=O)OC(C)(C)C)C(=O)Nc1ccc2c(c1)OCCO2. The third kappa shape index (κ3) is 5.85. The fourth-order valence-electron chi connectivity index (χ4n) is 4.02. The summed E-state index contributed by atoms with van der Waals surface area (Å²) < 4.78 is 16.6. The molecule has 2 atom stereocenters. The molecular weight excluding hydrogens is 450 g/mol. The van der Waals surface area contributed by atoms with E-state index in [1.165, 1.54) is 4.90 Å². The highest BCUT2D eigenvalue weighted by molar-refractivity contribution is 5.98. The van der Waals surface area contributed by atoms with Gasteiger partial charge in [-0.15, -0.1) is 0 Å². The third-order valence-electron chi connectivity index (χ3n) is 5.74. The van der Waals surface area contributed by atoms with E-state index >= 15 is 0 Å². The highest BCUT2D eigenvalue weighted by Gasteiger charge is 2.37. The molecular formula is C26H31N3O6. The maximum Gasteiger partial charge on any atom is 0.411 e. The summed E-state index contributed by atoms with van der Waals surface area (Å²) in [6.07, 6.45) is -0.238. The van der Waals surface area contributed by atoms with Gasteiger partial charge in [-0.2, -0.15) is 0 Å². The average Bonchev–Trinajstić information content (AvgIpc) is 2.82. The maximum atomic E-state index is 13.3. The second-order valence-corrected chi connectivity index (χ2v) is 9.67. The summed E-state index contributed by atoms with van der Waals surface area (Å²) in [5.74, 6) is 0.361. The van der Waals surface area contributed by atoms with Crippen molar-refractivity contribution in [2.45, 2.75) is 58.3 Å². The smallest absolute Gasteiger partial charge is 0.411 e. The highest BCUT2D eigenvalue weighted by atomic mass is 16.6. The molecule has 0 saturated heterocycles. The van der Waals surface area contributed by atoms with E-state index in [1.807, 2.05) is 24.3 Å². The van der Waals surface area contributed by atoms with Gasteiger partial charge in [0.25, 0.3) is 0 Å². The molecule has 35 heavy (non-hydrogen) atoms. The van der Waals surface area contributed by atoms with Gasteiger partial charge in [0, 0.05) is 18.2 Å². The van der Waals surface area contributed by atoms with Crippen molar-refractivity contribution >= 4 is 23.6 Å². The van der Waals surface area contributed by atoms with E-state index in [4.69, 9.17) is 14.2 Å². The van der Waals surface area contributed by atoms with Crippen LogP contribution in [0.5, 0.6) is 11.5 Å². The zero-order chi connectivity index (χ0) is 25.2. The van der Waals surface area contributed by atoms with Gasteiger partial charge in [0.15, 0.2) is 11.5 Å². The molecule has 2 aliphatic heterocycles. The normalized spacial score (nSPS) is 17.6. The van der Waals surface area contributed by atoms with Crippen LogP contribution in [0.15, 0.2) is 42.5 Å². The monoisotopic (exact) mass is 481 g/mol. The summed E-state index contributed by atoms with van der Waals surface area (Å²) in [5.41, 5.74) is 1.78. The van der Waals surface area contributed by atoms with Gasteiger partial charge >= 0.3 is 6.09 Å². The summed E-state index contributed by atoms with van der Waals surface area (Å²) in [5, 5.41) is 5.54. The summed E-state index contributed by atoms with van der Waals surface area (Å²) in [7, 11) is 0. The van der Waals surface area contributed by atoms with Gasteiger partial charge < -0.3 is 24.8 Å². The Bertz CT molecular complexity index is 1130. The maximum absolute atomic E-state index is 13.3. The van der Waals surface area contributed by atoms with Crippen LogP contribution in [0.25, 0.3) is 0 Å². The van der Waals surface area contributed by atoms with Crippen LogP contribution in [-0.2, 0) is 27.3 Å². The van der Waals surface area contributed by atoms with Gasteiger partial charge in [-0.25, -0.2) is 4.79 Å². The minimum Gasteiger partial charge on any atom is -0.486 e. The van der Waals surface area contributed by atoms with Crippen LogP contribution in [0.1, 0.15) is 38.8 Å². The number of rotatable bonds is 4. The van der Waals surface area contributed by atoms with Crippen LogP contribution in [0, 0.1) is 0 Å². The molecule has 0 radical (unpaired) electrons. The molecule has 0 spiro atoms. The van der Waals surface area contributed by atoms with E-state index in [0.29, 0.717) is 36.8 Å². The fourth-order valence-corrected chi connectivity index (χ4v) is 4.02. The number of nitrogens with zero attached hydrogens (tertiary/aromatic N) is 1. The van der Waals surface area contributed by atoms with Crippen molar-refractivity contribution in [3.63, 3.8) is 0 Å². The Balaban J connectivity index is 1.45. The summed E-state index contributed by atoms with van der Waals surface area (Å²) in [6.45, 7) is 8.11. The number of fused-ring (bicyclic) bond motifs is 2. The number of benzene rings is 2. The number of anilines is 1. The molecule has 186 valence electrons. The molecule has 2 N–H and O–H groups in total. The minimum absolute atomic E-state index is 0.251. The first-order valence-corrected chi connectivity index (χ1v) is 11.7. The second-order valence-electron chi connectivity index (χ2n) is 9.67. The Hall–Kier alpha value is -3.75. The molecule has 3 amide bonds. The Morgan fingerprint density at radius 1 is 1.03 bits per heavy atom. The molecule has 2 aliphatic rings. The second kappa shape index (κ2) is 9.85. The largest absolute Gasteiger partial charge is 0.486 e. The van der Waals surface area contributed by atoms with E-state index in [-0.39, 0.29) is 6.54 Å². The summed E-state index contributed by atoms with van der Waals surface area (Å²) in [4.78, 5) is 40.4. The van der Waals surface area contributed by atoms with Crippen LogP contribution < -0.4 is 20.1 Å². The minimum atomic E-state index is -0.839. The zero-order valence-corrected chi connectivity index (χ0v) is 20.4. The Morgan fingerprint density at radius 3 is 2.43 bits per heavy atom. The first-order chi connectivity index (χ1) is 16.6. The molecule has 0 fully saturated rings. The van der Waals surface area contributed by atoms with Crippen LogP contribution in [-0.4, -0.2) is 53.7 Å². The Labute approximate surface area is 204 Å². The van der Waals surface area contributed by atoms with Gasteiger partial charge in [-0.3, -0.25) is 14.5 Å². The number of carbonyl (C=O) groups excluding carboxylic acids is 3. The zero-order valence-electron chi connectivity index (χ0n) is 20.4. The standard InChI is InChI=1S/C26H31N3O6/c1-16(23(30)28-19-9-10-21-22(14-19)34-12-11-33-21)27-24(31)20-13-17-7-5-6-8-18(17)15-29(20)25(32)35-26(2,3)4/h5-10,14,16,20H,11-13,15H2,1-4H3,(H,27,31)(H,28,30). The van der Waals surface area contributed by atoms with Gasteiger partial charge in [-0.1, -0.05) is 24.3 Å². The molecule has 2 unspecified atom stereocenters. The van der Waals surface area contributed by atoms with Crippen LogP contribution in [0.3, 0.4) is 0 Å². The predicted molar refractivity (Wildman–Crippen MR) is 129 cm³/mol. The molecule has 9 heteroatoms. The van der Waals surface area contributed by atoms with Crippen molar-refractivity contribution in [2.75, 3.05) is 18.5 Å². The van der Waals surface area contributed by atoms with E-state index in [2.05, 4.69) is 10.6 Å². The lowest BCUT2D eigenvalue weighted by Crippen LogP contribution is -2.56. The number of hydrogen-bond donors (Lipinski definition) is 2. The lowest BCUT2D eigenvalue weighted by Gasteiger charge is -2.37. The first-order valence-electron chi connectivity index (χ1n) is 11.7. The Kier molecular flexibility index (Phi) is 6.86. The molecule has 0 bridgehead atoms. The average molecular weight is 482 g/mol. The fraction of sp³-hybridized carbons (Fsp3) is 0.423. The van der Waals surface area contributed by atoms with E-state index in [1.54, 1.807) is 45.9 Å². The van der Waals surface area contributed by atoms with Gasteiger partial charge in [0.1, 0.15) is 30.9 Å². The van der Waals surface area contributed by atoms with Crippen molar-refractivity contribution in [2.24, 2.45) is 0 Å². The molecule has 0 aliphatic carbocycles. The van der Waals surface area contributed by atoms with Crippen LogP contribution in [0.4, 0.5) is 10.5 Å². The van der Waals surface area contributed by atoms with Crippen LogP contribution in [0.2, 0.25) is 0 Å². The topological polar surface area (TPSA) is 106 Å². The molecule has 4 rings (SSSR count). The van der Waals surface area contributed by atoms with Gasteiger partial charge in [0.2, 0.25) is 11.8 Å². The van der Waals surface area contributed by atoms with Gasteiger partial charge in [-0.05, 0) is 51.0 Å². The lowest BCUT2D eigenvalue weighted by molar-refractivity contribution is -0.130. The number of carbonyl (C=O) groups is 3. The van der Waals surface area contributed by atoms with Crippen LogP contribution >= 0.6 is 0 Å². The molecule has 0 saturated carbocycles. The van der Waals surface area contributed by atoms with Crippen molar-refractivity contribution in [3.05, 3.63) is 53.6 Å².